The van der Waals surface area contributed by atoms with Crippen LogP contribution in [0.1, 0.15) is 20.8 Å². The van der Waals surface area contributed by atoms with Gasteiger partial charge in [0.2, 0.25) is 11.6 Å². The largest absolute Gasteiger partial charge is 0.367 e. The van der Waals surface area contributed by atoms with Crippen molar-refractivity contribution < 1.29 is 27.9 Å². The Balaban J connectivity index is 1.74. The molecule has 1 amide bonds. The molecule has 1 aromatic carbocycles. The highest BCUT2D eigenvalue weighted by Gasteiger charge is 2.30. The van der Waals surface area contributed by atoms with E-state index in [1.165, 1.54) is 29.9 Å². The van der Waals surface area contributed by atoms with Gasteiger partial charge in [-0.3, -0.25) is 14.4 Å². The lowest BCUT2D eigenvalue weighted by atomic mass is 10.1. The highest BCUT2D eigenvalue weighted by Crippen LogP contribution is 2.16. The van der Waals surface area contributed by atoms with Crippen LogP contribution in [0.3, 0.4) is 0 Å². The van der Waals surface area contributed by atoms with E-state index in [4.69, 9.17) is 4.74 Å². The quantitative estimate of drug-likeness (QED) is 0.606. The number of carbonyl (C=O) groups excluding carboxylic acids is 3. The molecule has 2 N–H and O–H groups in total. The smallest absolute Gasteiger partial charge is 0.272 e. The average Bonchev–Trinajstić information content (AvgIpc) is 3.06. The summed E-state index contributed by atoms with van der Waals surface area (Å²) in [6, 6.07) is 4.22. The van der Waals surface area contributed by atoms with Gasteiger partial charge >= 0.3 is 0 Å². The van der Waals surface area contributed by atoms with Crippen LogP contribution >= 0.6 is 0 Å². The molecule has 1 fully saturated rings. The molecule has 1 aliphatic rings. The minimum absolute atomic E-state index is 0.0483. The van der Waals surface area contributed by atoms with Crippen LogP contribution in [-0.4, -0.2) is 47.8 Å². The Hall–Kier alpha value is -2.91. The van der Waals surface area contributed by atoms with Crippen molar-refractivity contribution in [1.29, 1.82) is 0 Å². The van der Waals surface area contributed by atoms with Gasteiger partial charge in [0.1, 0.15) is 11.8 Å². The average molecular weight is 377 g/mol. The first-order valence-electron chi connectivity index (χ1n) is 8.20. The first kappa shape index (κ1) is 18.9. The fourth-order valence-corrected chi connectivity index (χ4v) is 2.71. The molecule has 0 bridgehead atoms. The predicted octanol–water partition coefficient (Wildman–Crippen LogP) is 1.30. The van der Waals surface area contributed by atoms with E-state index in [0.29, 0.717) is 13.2 Å². The summed E-state index contributed by atoms with van der Waals surface area (Å²) in [4.78, 5) is 37.0. The summed E-state index contributed by atoms with van der Waals surface area (Å²) in [6.45, 7) is 1.19. The van der Waals surface area contributed by atoms with Gasteiger partial charge in [0, 0.05) is 43.7 Å². The summed E-state index contributed by atoms with van der Waals surface area (Å²) in [6.07, 6.45) is 0.502. The predicted molar refractivity (Wildman–Crippen MR) is 91.7 cm³/mol. The molecule has 0 aliphatic carbocycles. The lowest BCUT2D eigenvalue weighted by Crippen LogP contribution is -2.45. The molecular weight excluding hydrogens is 360 g/mol. The molecule has 0 saturated carbocycles. The Labute approximate surface area is 153 Å². The molecular formula is C18H17F2N3O4. The topological polar surface area (TPSA) is 89.4 Å². The molecule has 3 rings (SSSR count). The number of halogens is 2. The summed E-state index contributed by atoms with van der Waals surface area (Å²) < 4.78 is 32.9. The van der Waals surface area contributed by atoms with Crippen molar-refractivity contribution in [2.24, 2.45) is 7.05 Å². The van der Waals surface area contributed by atoms with Crippen molar-refractivity contribution in [3.8, 4) is 0 Å². The van der Waals surface area contributed by atoms with Gasteiger partial charge in [0.25, 0.3) is 5.91 Å². The van der Waals surface area contributed by atoms with Crippen molar-refractivity contribution in [2.75, 3.05) is 25.0 Å². The Morgan fingerprint density at radius 3 is 2.67 bits per heavy atom. The maximum Gasteiger partial charge on any atom is 0.272 e. The Morgan fingerprint density at radius 1 is 1.22 bits per heavy atom. The zero-order valence-corrected chi connectivity index (χ0v) is 14.4. The third kappa shape index (κ3) is 4.09. The lowest BCUT2D eigenvalue weighted by Gasteiger charge is -2.21. The standard InChI is InChI=1S/C18H17F2N3O4/c1-23-9-10(16(24)17(25)15-8-21-4-5-27-15)6-14(23)18(26)22-11-2-3-12(19)13(20)7-11/h2-3,6-7,9,15,21H,4-5,8H2,1H3,(H,22,26). The first-order chi connectivity index (χ1) is 12.9. The van der Waals surface area contributed by atoms with Crippen molar-refractivity contribution >= 4 is 23.2 Å². The number of nitrogens with zero attached hydrogens (tertiary/aromatic N) is 1. The zero-order valence-electron chi connectivity index (χ0n) is 14.4. The van der Waals surface area contributed by atoms with Crippen LogP contribution < -0.4 is 10.6 Å². The molecule has 1 atom stereocenters. The second-order valence-electron chi connectivity index (χ2n) is 6.06. The Morgan fingerprint density at radius 2 is 2.00 bits per heavy atom. The van der Waals surface area contributed by atoms with Gasteiger partial charge in [0.15, 0.2) is 11.6 Å². The van der Waals surface area contributed by atoms with E-state index < -0.39 is 35.2 Å². The number of aromatic nitrogens is 1. The van der Waals surface area contributed by atoms with Crippen LogP contribution in [0.4, 0.5) is 14.5 Å². The van der Waals surface area contributed by atoms with Gasteiger partial charge < -0.3 is 19.9 Å². The molecule has 1 saturated heterocycles. The summed E-state index contributed by atoms with van der Waals surface area (Å²) in [7, 11) is 1.53. The monoisotopic (exact) mass is 377 g/mol. The number of rotatable bonds is 5. The number of nitrogens with one attached hydrogen (secondary N) is 2. The molecule has 9 heteroatoms. The number of hydrogen-bond donors (Lipinski definition) is 2. The number of ketones is 2. The number of morpholine rings is 1. The van der Waals surface area contributed by atoms with Crippen molar-refractivity contribution in [2.45, 2.75) is 6.10 Å². The molecule has 7 nitrogen and oxygen atoms in total. The Bertz CT molecular complexity index is 904. The number of aryl methyl sites for hydroxylation is 1. The van der Waals surface area contributed by atoms with E-state index in [-0.39, 0.29) is 23.5 Å². The molecule has 0 radical (unpaired) electrons. The lowest BCUT2D eigenvalue weighted by molar-refractivity contribution is -0.127. The minimum atomic E-state index is -1.10. The number of carbonyl (C=O) groups is 3. The van der Waals surface area contributed by atoms with E-state index in [1.54, 1.807) is 0 Å². The number of anilines is 1. The zero-order chi connectivity index (χ0) is 19.6. The molecule has 2 aromatic rings. The number of amides is 1. The van der Waals surface area contributed by atoms with Crippen molar-refractivity contribution in [3.63, 3.8) is 0 Å². The second-order valence-corrected chi connectivity index (χ2v) is 6.06. The fraction of sp³-hybridized carbons (Fsp3) is 0.278. The molecule has 142 valence electrons. The molecule has 27 heavy (non-hydrogen) atoms. The highest BCUT2D eigenvalue weighted by atomic mass is 19.2. The van der Waals surface area contributed by atoms with Crippen LogP contribution in [0.2, 0.25) is 0 Å². The van der Waals surface area contributed by atoms with E-state index in [1.807, 2.05) is 0 Å². The van der Waals surface area contributed by atoms with E-state index in [0.717, 1.165) is 12.1 Å². The minimum Gasteiger partial charge on any atom is -0.367 e. The molecule has 1 unspecified atom stereocenters. The van der Waals surface area contributed by atoms with Crippen LogP contribution in [0.25, 0.3) is 0 Å². The van der Waals surface area contributed by atoms with E-state index in [9.17, 15) is 23.2 Å². The van der Waals surface area contributed by atoms with E-state index in [2.05, 4.69) is 10.6 Å². The number of ether oxygens (including phenoxy) is 1. The fourth-order valence-electron chi connectivity index (χ4n) is 2.71. The molecule has 0 spiro atoms. The molecule has 2 heterocycles. The maximum absolute atomic E-state index is 13.3. The summed E-state index contributed by atoms with van der Waals surface area (Å²) in [5, 5.41) is 5.38. The van der Waals surface area contributed by atoms with Gasteiger partial charge in [-0.05, 0) is 18.2 Å². The first-order valence-corrected chi connectivity index (χ1v) is 8.20. The van der Waals surface area contributed by atoms with Crippen LogP contribution in [-0.2, 0) is 16.6 Å². The normalized spacial score (nSPS) is 16.8. The van der Waals surface area contributed by atoms with Gasteiger partial charge in [-0.15, -0.1) is 0 Å². The van der Waals surface area contributed by atoms with Crippen LogP contribution in [0.15, 0.2) is 30.5 Å². The number of benzene rings is 1. The molecule has 1 aliphatic heterocycles. The molecule has 1 aromatic heterocycles. The number of hydrogen-bond acceptors (Lipinski definition) is 5. The van der Waals surface area contributed by atoms with Crippen LogP contribution in [0, 0.1) is 11.6 Å². The van der Waals surface area contributed by atoms with Gasteiger partial charge in [-0.1, -0.05) is 0 Å². The van der Waals surface area contributed by atoms with Gasteiger partial charge in [0.05, 0.1) is 6.61 Å². The Kier molecular flexibility index (Phi) is 5.43. The van der Waals surface area contributed by atoms with Crippen molar-refractivity contribution in [1.82, 2.24) is 9.88 Å². The maximum atomic E-state index is 13.3. The third-order valence-corrected chi connectivity index (χ3v) is 4.12. The summed E-state index contributed by atoms with van der Waals surface area (Å²) in [5.41, 5.74) is 0.191. The number of Topliss-reactive ketones (excluding diaryl/α,β-unsaturated/α-hetero) is 2. The highest BCUT2D eigenvalue weighted by molar-refractivity contribution is 6.45. The SMILES string of the molecule is Cn1cc(C(=O)C(=O)C2CNCCO2)cc1C(=O)Nc1ccc(F)c(F)c1. The summed E-state index contributed by atoms with van der Waals surface area (Å²) >= 11 is 0. The summed E-state index contributed by atoms with van der Waals surface area (Å²) in [5.74, 6) is -4.21. The third-order valence-electron chi connectivity index (χ3n) is 4.12. The van der Waals surface area contributed by atoms with Gasteiger partial charge in [-0.2, -0.15) is 0 Å². The van der Waals surface area contributed by atoms with Crippen LogP contribution in [0.5, 0.6) is 0 Å². The van der Waals surface area contributed by atoms with Gasteiger partial charge in [-0.25, -0.2) is 8.78 Å². The van der Waals surface area contributed by atoms with Crippen molar-refractivity contribution in [3.05, 3.63) is 53.4 Å². The second kappa shape index (κ2) is 7.77. The van der Waals surface area contributed by atoms with E-state index >= 15 is 0 Å².